The summed E-state index contributed by atoms with van der Waals surface area (Å²) in [5.41, 5.74) is 2.35. The number of aryl methyl sites for hydroxylation is 1. The molecule has 0 saturated heterocycles. The normalized spacial score (nSPS) is 12.2. The van der Waals surface area contributed by atoms with Crippen molar-refractivity contribution in [2.24, 2.45) is 0 Å². The smallest absolute Gasteiger partial charge is 0.242 e. The summed E-state index contributed by atoms with van der Waals surface area (Å²) >= 11 is 12.4. The van der Waals surface area contributed by atoms with E-state index in [4.69, 9.17) is 23.2 Å². The van der Waals surface area contributed by atoms with Gasteiger partial charge in [-0.25, -0.2) is 8.42 Å². The van der Waals surface area contributed by atoms with E-state index in [0.29, 0.717) is 40.7 Å². The van der Waals surface area contributed by atoms with Crippen molar-refractivity contribution in [2.45, 2.75) is 71.9 Å². The Morgan fingerprint density at radius 2 is 1.68 bits per heavy atom. The highest BCUT2D eigenvalue weighted by Gasteiger charge is 2.29. The van der Waals surface area contributed by atoms with Crippen LogP contribution in [0.1, 0.15) is 64.0 Å². The number of nitrogens with one attached hydrogen (secondary N) is 1. The second-order valence-corrected chi connectivity index (χ2v) is 12.0. The van der Waals surface area contributed by atoms with Crippen LogP contribution in [0.15, 0.2) is 42.5 Å². The molecule has 2 aromatic carbocycles. The number of anilines is 1. The Labute approximate surface area is 237 Å². The summed E-state index contributed by atoms with van der Waals surface area (Å²) < 4.78 is 26.4. The van der Waals surface area contributed by atoms with Crippen molar-refractivity contribution in [3.05, 3.63) is 63.6 Å². The standard InChI is InChI=1S/C28H39Cl2N3O4S/c1-5-8-17-31-28(35)26(7-3)32(20-22-13-14-23(29)19-25(22)30)27(34)10-9-18-33(38(4,36)37)24-15-11-21(6-2)12-16-24/h11-16,19,26H,5-10,17-18,20H2,1-4H3,(H,31,35)/t26-/m0/s1. The third kappa shape index (κ3) is 9.47. The number of halogens is 2. The van der Waals surface area contributed by atoms with Gasteiger partial charge in [-0.1, -0.05) is 68.6 Å². The Hall–Kier alpha value is -2.29. The van der Waals surface area contributed by atoms with Crippen molar-refractivity contribution in [3.8, 4) is 0 Å². The van der Waals surface area contributed by atoms with Crippen LogP contribution in [0.3, 0.4) is 0 Å². The van der Waals surface area contributed by atoms with Crippen molar-refractivity contribution in [3.63, 3.8) is 0 Å². The molecule has 0 unspecified atom stereocenters. The first kappa shape index (κ1) is 31.9. The third-order valence-corrected chi connectivity index (χ3v) is 8.14. The minimum Gasteiger partial charge on any atom is -0.354 e. The van der Waals surface area contributed by atoms with Crippen LogP contribution in [0.5, 0.6) is 0 Å². The van der Waals surface area contributed by atoms with Gasteiger partial charge in [-0.15, -0.1) is 0 Å². The zero-order valence-corrected chi connectivity index (χ0v) is 25.0. The Kier molecular flexibility index (Phi) is 12.9. The van der Waals surface area contributed by atoms with Gasteiger partial charge in [0.25, 0.3) is 0 Å². The number of amides is 2. The third-order valence-electron chi connectivity index (χ3n) is 6.36. The van der Waals surface area contributed by atoms with Crippen molar-refractivity contribution < 1.29 is 18.0 Å². The SMILES string of the molecule is CCCCNC(=O)[C@H](CC)N(Cc1ccc(Cl)cc1Cl)C(=O)CCCN(c1ccc(CC)cc1)S(C)(=O)=O. The lowest BCUT2D eigenvalue weighted by Gasteiger charge is -2.31. The van der Waals surface area contributed by atoms with Crippen molar-refractivity contribution >= 4 is 50.7 Å². The first-order valence-corrected chi connectivity index (χ1v) is 15.7. The summed E-state index contributed by atoms with van der Waals surface area (Å²) in [5.74, 6) is -0.462. The van der Waals surface area contributed by atoms with E-state index in [0.717, 1.165) is 31.1 Å². The highest BCUT2D eigenvalue weighted by molar-refractivity contribution is 7.92. The maximum atomic E-state index is 13.5. The first-order chi connectivity index (χ1) is 18.0. The predicted molar refractivity (Wildman–Crippen MR) is 156 cm³/mol. The Morgan fingerprint density at radius 3 is 2.24 bits per heavy atom. The van der Waals surface area contributed by atoms with Crippen LogP contribution < -0.4 is 9.62 Å². The summed E-state index contributed by atoms with van der Waals surface area (Å²) in [5, 5.41) is 3.82. The van der Waals surface area contributed by atoms with Gasteiger partial charge in [0, 0.05) is 36.1 Å². The second-order valence-electron chi connectivity index (χ2n) is 9.28. The van der Waals surface area contributed by atoms with Gasteiger partial charge < -0.3 is 10.2 Å². The first-order valence-electron chi connectivity index (χ1n) is 13.1. The van der Waals surface area contributed by atoms with Gasteiger partial charge in [0.15, 0.2) is 0 Å². The summed E-state index contributed by atoms with van der Waals surface area (Å²) in [6.45, 7) is 6.76. The number of nitrogens with zero attached hydrogens (tertiary/aromatic N) is 2. The van der Waals surface area contributed by atoms with Crippen LogP contribution >= 0.6 is 23.2 Å². The summed E-state index contributed by atoms with van der Waals surface area (Å²) in [6.07, 6.45) is 4.59. The van der Waals surface area contributed by atoms with Gasteiger partial charge in [-0.05, 0) is 61.1 Å². The monoisotopic (exact) mass is 583 g/mol. The van der Waals surface area contributed by atoms with E-state index in [9.17, 15) is 18.0 Å². The van der Waals surface area contributed by atoms with Crippen molar-refractivity contribution in [2.75, 3.05) is 23.7 Å². The molecule has 210 valence electrons. The van der Waals surface area contributed by atoms with Gasteiger partial charge in [-0.2, -0.15) is 0 Å². The Bertz CT molecular complexity index is 1170. The lowest BCUT2D eigenvalue weighted by Crippen LogP contribution is -2.49. The lowest BCUT2D eigenvalue weighted by atomic mass is 10.1. The fourth-order valence-corrected chi connectivity index (χ4v) is 5.59. The Balaban J connectivity index is 2.22. The average molecular weight is 585 g/mol. The molecule has 0 saturated carbocycles. The fraction of sp³-hybridized carbons (Fsp3) is 0.500. The van der Waals surface area contributed by atoms with Crippen molar-refractivity contribution in [1.82, 2.24) is 10.2 Å². The van der Waals surface area contributed by atoms with E-state index in [-0.39, 0.29) is 31.3 Å². The Morgan fingerprint density at radius 1 is 1.00 bits per heavy atom. The van der Waals surface area contributed by atoms with E-state index >= 15 is 0 Å². The molecule has 0 aliphatic rings. The topological polar surface area (TPSA) is 86.8 Å². The second kappa shape index (κ2) is 15.3. The molecule has 1 atom stereocenters. The summed E-state index contributed by atoms with van der Waals surface area (Å²) in [4.78, 5) is 28.1. The van der Waals surface area contributed by atoms with Gasteiger partial charge in [0.2, 0.25) is 21.8 Å². The number of unbranched alkanes of at least 4 members (excludes halogenated alkanes) is 1. The molecule has 1 N–H and O–H groups in total. The number of hydrogen-bond donors (Lipinski definition) is 1. The van der Waals surface area contributed by atoms with Crippen LogP contribution in [0.4, 0.5) is 5.69 Å². The van der Waals surface area contributed by atoms with Gasteiger partial charge in [0.1, 0.15) is 6.04 Å². The number of sulfonamides is 1. The zero-order valence-electron chi connectivity index (χ0n) is 22.7. The predicted octanol–water partition coefficient (Wildman–Crippen LogP) is 5.83. The molecular formula is C28H39Cl2N3O4S. The lowest BCUT2D eigenvalue weighted by molar-refractivity contribution is -0.141. The number of carbonyl (C=O) groups is 2. The molecule has 0 radical (unpaired) electrons. The number of carbonyl (C=O) groups excluding carboxylic acids is 2. The fourth-order valence-electron chi connectivity index (χ4n) is 4.16. The molecule has 0 spiro atoms. The van der Waals surface area contributed by atoms with Gasteiger partial charge >= 0.3 is 0 Å². The molecule has 0 fully saturated rings. The molecule has 2 aromatic rings. The van der Waals surface area contributed by atoms with Crippen LogP contribution in [0.2, 0.25) is 10.0 Å². The molecule has 38 heavy (non-hydrogen) atoms. The van der Waals surface area contributed by atoms with Gasteiger partial charge in [-0.3, -0.25) is 13.9 Å². The highest BCUT2D eigenvalue weighted by Crippen LogP contribution is 2.25. The van der Waals surface area contributed by atoms with E-state index in [1.54, 1.807) is 30.3 Å². The van der Waals surface area contributed by atoms with Crippen molar-refractivity contribution in [1.29, 1.82) is 0 Å². The molecular weight excluding hydrogens is 545 g/mol. The minimum absolute atomic E-state index is 0.0724. The minimum atomic E-state index is -3.55. The largest absolute Gasteiger partial charge is 0.354 e. The van der Waals surface area contributed by atoms with Gasteiger partial charge in [0.05, 0.1) is 11.9 Å². The molecule has 0 aliphatic carbocycles. The number of rotatable bonds is 15. The van der Waals surface area contributed by atoms with Crippen LogP contribution in [0, 0.1) is 0 Å². The maximum Gasteiger partial charge on any atom is 0.242 e. The summed E-state index contributed by atoms with van der Waals surface area (Å²) in [6, 6.07) is 11.7. The van der Waals surface area contributed by atoms with E-state index in [2.05, 4.69) is 5.32 Å². The average Bonchev–Trinajstić information content (AvgIpc) is 2.87. The van der Waals surface area contributed by atoms with E-state index < -0.39 is 16.1 Å². The molecule has 0 bridgehead atoms. The van der Waals surface area contributed by atoms with Crippen LogP contribution in [-0.4, -0.2) is 50.5 Å². The molecule has 0 heterocycles. The maximum absolute atomic E-state index is 13.5. The van der Waals surface area contributed by atoms with E-state index in [1.807, 2.05) is 32.9 Å². The molecule has 0 aliphatic heterocycles. The molecule has 2 amide bonds. The van der Waals surface area contributed by atoms with Crippen LogP contribution in [-0.2, 0) is 32.6 Å². The number of benzene rings is 2. The zero-order chi connectivity index (χ0) is 28.3. The van der Waals surface area contributed by atoms with Crippen LogP contribution in [0.25, 0.3) is 0 Å². The molecule has 2 rings (SSSR count). The number of hydrogen-bond acceptors (Lipinski definition) is 4. The molecule has 7 nitrogen and oxygen atoms in total. The van der Waals surface area contributed by atoms with E-state index in [1.165, 1.54) is 9.21 Å². The molecule has 10 heteroatoms. The molecule has 0 aromatic heterocycles. The highest BCUT2D eigenvalue weighted by atomic mass is 35.5. The quantitative estimate of drug-likeness (QED) is 0.267. The summed E-state index contributed by atoms with van der Waals surface area (Å²) in [7, 11) is -3.55.